The van der Waals surface area contributed by atoms with Crippen LogP contribution in [0.3, 0.4) is 0 Å². The van der Waals surface area contributed by atoms with Crippen LogP contribution in [-0.4, -0.2) is 43.6 Å². The molecule has 18 heavy (non-hydrogen) atoms. The monoisotopic (exact) mass is 258 g/mol. The predicted octanol–water partition coefficient (Wildman–Crippen LogP) is 1.99. The number of ether oxygens (including phenoxy) is 3. The molecule has 1 N–H and O–H groups in total. The van der Waals surface area contributed by atoms with E-state index in [0.717, 1.165) is 0 Å². The van der Waals surface area contributed by atoms with Crippen molar-refractivity contribution >= 4 is 5.97 Å². The fourth-order valence-corrected chi connectivity index (χ4v) is 1.10. The van der Waals surface area contributed by atoms with Crippen molar-refractivity contribution in [2.45, 2.75) is 26.4 Å². The number of aliphatic carboxylic acids is 1. The van der Waals surface area contributed by atoms with Gasteiger partial charge in [-0.2, -0.15) is 0 Å². The van der Waals surface area contributed by atoms with E-state index in [-0.39, 0.29) is 6.10 Å². The second-order valence-electron chi connectivity index (χ2n) is 3.76. The average Bonchev–Trinajstić information content (AvgIpc) is 2.34. The molecule has 0 amide bonds. The lowest BCUT2D eigenvalue weighted by Gasteiger charge is -2.11. The number of hydrogen-bond donors (Lipinski definition) is 1. The fourth-order valence-electron chi connectivity index (χ4n) is 1.10. The van der Waals surface area contributed by atoms with Crippen molar-refractivity contribution in [3.8, 4) is 0 Å². The molecule has 104 valence electrons. The third-order valence-electron chi connectivity index (χ3n) is 2.19. The molecule has 0 aromatic heterocycles. The molecule has 0 fully saturated rings. The van der Waals surface area contributed by atoms with Gasteiger partial charge in [-0.15, -0.1) is 0 Å². The number of carbonyl (C=O) groups is 1. The van der Waals surface area contributed by atoms with Crippen molar-refractivity contribution in [2.75, 3.05) is 26.4 Å². The zero-order chi connectivity index (χ0) is 13.8. The minimum Gasteiger partial charge on any atom is -0.499 e. The molecule has 0 aromatic carbocycles. The molecule has 5 heteroatoms. The maximum Gasteiger partial charge on any atom is 0.330 e. The van der Waals surface area contributed by atoms with Crippen molar-refractivity contribution < 1.29 is 24.1 Å². The van der Waals surface area contributed by atoms with Gasteiger partial charge in [0.25, 0.3) is 0 Å². The fraction of sp³-hybridized carbons (Fsp3) is 0.615. The van der Waals surface area contributed by atoms with Crippen molar-refractivity contribution in [3.63, 3.8) is 0 Å². The Morgan fingerprint density at radius 2 is 2.00 bits per heavy atom. The van der Waals surface area contributed by atoms with Crippen LogP contribution in [0.2, 0.25) is 0 Å². The first-order valence-electron chi connectivity index (χ1n) is 5.89. The molecule has 0 aliphatic heterocycles. The second kappa shape index (κ2) is 10.8. The highest BCUT2D eigenvalue weighted by molar-refractivity contribution is 5.85. The first-order valence-corrected chi connectivity index (χ1v) is 5.89. The molecule has 1 unspecified atom stereocenters. The number of carboxylic acids is 1. The minimum absolute atomic E-state index is 0.0210. The van der Waals surface area contributed by atoms with Gasteiger partial charge in [0, 0.05) is 5.57 Å². The molecule has 0 bridgehead atoms. The lowest BCUT2D eigenvalue weighted by atomic mass is 10.2. The van der Waals surface area contributed by atoms with Crippen LogP contribution in [0.25, 0.3) is 0 Å². The molecule has 5 nitrogen and oxygen atoms in total. The van der Waals surface area contributed by atoms with Crippen LogP contribution in [0.5, 0.6) is 0 Å². The van der Waals surface area contributed by atoms with Gasteiger partial charge in [-0.05, 0) is 20.3 Å². The minimum atomic E-state index is -0.896. The molecule has 0 aliphatic carbocycles. The number of hydrogen-bond acceptors (Lipinski definition) is 4. The Hall–Kier alpha value is -1.33. The maximum absolute atomic E-state index is 10.5. The smallest absolute Gasteiger partial charge is 0.330 e. The first-order chi connectivity index (χ1) is 8.57. The van der Waals surface area contributed by atoms with E-state index >= 15 is 0 Å². The largest absolute Gasteiger partial charge is 0.499 e. The standard InChI is InChI=1S/C13H22O5/c1-4-16-7-8-17-9-10-18-12(3)6-5-11(2)13(14)15/h4-5,12H,1,6-10H2,2-3H3,(H,14,15). The molecule has 0 saturated carbocycles. The highest BCUT2D eigenvalue weighted by atomic mass is 16.5. The summed E-state index contributed by atoms with van der Waals surface area (Å²) in [6, 6.07) is 0. The van der Waals surface area contributed by atoms with E-state index in [2.05, 4.69) is 6.58 Å². The Morgan fingerprint density at radius 1 is 1.33 bits per heavy atom. The van der Waals surface area contributed by atoms with E-state index in [9.17, 15) is 4.79 Å². The molecular formula is C13H22O5. The second-order valence-corrected chi connectivity index (χ2v) is 3.76. The first kappa shape index (κ1) is 16.7. The Morgan fingerprint density at radius 3 is 2.61 bits per heavy atom. The highest BCUT2D eigenvalue weighted by Gasteiger charge is 2.03. The van der Waals surface area contributed by atoms with Crippen molar-refractivity contribution in [1.82, 2.24) is 0 Å². The summed E-state index contributed by atoms with van der Waals surface area (Å²) in [5, 5.41) is 8.66. The van der Waals surface area contributed by atoms with Gasteiger partial charge in [-0.25, -0.2) is 4.79 Å². The SMILES string of the molecule is C=COCCOCCOC(C)CC=C(C)C(=O)O. The summed E-state index contributed by atoms with van der Waals surface area (Å²) in [5.41, 5.74) is 0.336. The summed E-state index contributed by atoms with van der Waals surface area (Å²) in [4.78, 5) is 10.5. The third kappa shape index (κ3) is 9.86. The van der Waals surface area contributed by atoms with Crippen LogP contribution >= 0.6 is 0 Å². The summed E-state index contributed by atoms with van der Waals surface area (Å²) < 4.78 is 15.6. The maximum atomic E-state index is 10.5. The van der Waals surface area contributed by atoms with Crippen LogP contribution in [-0.2, 0) is 19.0 Å². The van der Waals surface area contributed by atoms with Crippen molar-refractivity contribution in [3.05, 3.63) is 24.5 Å². The average molecular weight is 258 g/mol. The van der Waals surface area contributed by atoms with E-state index < -0.39 is 5.97 Å². The van der Waals surface area contributed by atoms with Gasteiger partial charge in [0.2, 0.25) is 0 Å². The van der Waals surface area contributed by atoms with E-state index in [1.54, 1.807) is 13.0 Å². The summed E-state index contributed by atoms with van der Waals surface area (Å²) in [6.07, 6.45) is 3.59. The van der Waals surface area contributed by atoms with Gasteiger partial charge in [0.15, 0.2) is 0 Å². The van der Waals surface area contributed by atoms with Crippen LogP contribution in [0, 0.1) is 0 Å². The van der Waals surface area contributed by atoms with Crippen LogP contribution in [0.15, 0.2) is 24.5 Å². The summed E-state index contributed by atoms with van der Waals surface area (Å²) in [5.74, 6) is -0.896. The van der Waals surface area contributed by atoms with Gasteiger partial charge in [0.1, 0.15) is 6.61 Å². The topological polar surface area (TPSA) is 65.0 Å². The normalized spacial score (nSPS) is 13.1. The van der Waals surface area contributed by atoms with Gasteiger partial charge in [-0.3, -0.25) is 0 Å². The highest BCUT2D eigenvalue weighted by Crippen LogP contribution is 2.02. The van der Waals surface area contributed by atoms with Gasteiger partial charge >= 0.3 is 5.97 Å². The van der Waals surface area contributed by atoms with Crippen molar-refractivity contribution in [2.24, 2.45) is 0 Å². The molecule has 0 heterocycles. The Balaban J connectivity index is 3.48. The zero-order valence-electron chi connectivity index (χ0n) is 11.1. The van der Waals surface area contributed by atoms with Gasteiger partial charge in [0.05, 0.1) is 32.2 Å². The molecule has 0 radical (unpaired) electrons. The van der Waals surface area contributed by atoms with Crippen molar-refractivity contribution in [1.29, 1.82) is 0 Å². The third-order valence-corrected chi connectivity index (χ3v) is 2.19. The van der Waals surface area contributed by atoms with E-state index in [4.69, 9.17) is 19.3 Å². The molecule has 0 rings (SSSR count). The van der Waals surface area contributed by atoms with Gasteiger partial charge < -0.3 is 19.3 Å². The van der Waals surface area contributed by atoms with E-state index in [1.165, 1.54) is 6.26 Å². The summed E-state index contributed by atoms with van der Waals surface area (Å²) in [6.45, 7) is 8.84. The molecule has 0 aromatic rings. The lowest BCUT2D eigenvalue weighted by Crippen LogP contribution is -2.14. The molecule has 0 spiro atoms. The Bertz CT molecular complexity index is 273. The predicted molar refractivity (Wildman–Crippen MR) is 68.4 cm³/mol. The zero-order valence-corrected chi connectivity index (χ0v) is 11.1. The Kier molecular flexibility index (Phi) is 10.0. The molecule has 0 saturated heterocycles. The quantitative estimate of drug-likeness (QED) is 0.349. The number of rotatable bonds is 11. The van der Waals surface area contributed by atoms with E-state index in [1.807, 2.05) is 6.92 Å². The van der Waals surface area contributed by atoms with Crippen LogP contribution in [0.4, 0.5) is 0 Å². The van der Waals surface area contributed by atoms with Crippen LogP contribution < -0.4 is 0 Å². The Labute approximate surface area is 108 Å². The lowest BCUT2D eigenvalue weighted by molar-refractivity contribution is -0.132. The molecule has 1 atom stereocenters. The summed E-state index contributed by atoms with van der Waals surface area (Å²) >= 11 is 0. The van der Waals surface area contributed by atoms with Crippen LogP contribution in [0.1, 0.15) is 20.3 Å². The molecule has 0 aliphatic rings. The number of carboxylic acid groups (broad SMARTS) is 1. The molecular weight excluding hydrogens is 236 g/mol. The summed E-state index contributed by atoms with van der Waals surface area (Å²) in [7, 11) is 0. The van der Waals surface area contributed by atoms with Gasteiger partial charge in [-0.1, -0.05) is 12.7 Å². The van der Waals surface area contributed by atoms with E-state index in [0.29, 0.717) is 38.4 Å².